The van der Waals surface area contributed by atoms with Gasteiger partial charge in [-0.2, -0.15) is 0 Å². The predicted octanol–water partition coefficient (Wildman–Crippen LogP) is 13.1. The summed E-state index contributed by atoms with van der Waals surface area (Å²) in [6, 6.07) is 28.2. The summed E-state index contributed by atoms with van der Waals surface area (Å²) in [6.07, 6.45) is 12.8. The fourth-order valence-corrected chi connectivity index (χ4v) is 34.8. The van der Waals surface area contributed by atoms with Gasteiger partial charge in [0.15, 0.2) is 0 Å². The van der Waals surface area contributed by atoms with Gasteiger partial charge in [0.1, 0.15) is 0 Å². The third kappa shape index (κ3) is 5.55. The van der Waals surface area contributed by atoms with Crippen LogP contribution in [-0.4, -0.2) is 3.26 Å². The molecule has 6 rings (SSSR count). The molecule has 0 spiro atoms. The van der Waals surface area contributed by atoms with Gasteiger partial charge in [-0.1, -0.05) is 0 Å². The van der Waals surface area contributed by atoms with Crippen molar-refractivity contribution in [3.8, 4) is 22.3 Å². The molecular formula is C45H54Hf. The Morgan fingerprint density at radius 2 is 0.978 bits per heavy atom. The van der Waals surface area contributed by atoms with Crippen molar-refractivity contribution in [1.29, 1.82) is 0 Å². The number of benzene rings is 4. The average molecular weight is 773 g/mol. The number of rotatable bonds is 8. The van der Waals surface area contributed by atoms with E-state index in [2.05, 4.69) is 162 Å². The normalized spacial score (nSPS) is 17.2. The summed E-state index contributed by atoms with van der Waals surface area (Å²) >= 11 is -4.17. The Morgan fingerprint density at radius 1 is 0.565 bits per heavy atom. The van der Waals surface area contributed by atoms with Crippen LogP contribution in [0.3, 0.4) is 0 Å². The van der Waals surface area contributed by atoms with Gasteiger partial charge < -0.3 is 0 Å². The van der Waals surface area contributed by atoms with Crippen molar-refractivity contribution in [1.82, 2.24) is 0 Å². The van der Waals surface area contributed by atoms with Gasteiger partial charge in [-0.25, -0.2) is 0 Å². The van der Waals surface area contributed by atoms with Crippen LogP contribution >= 0.6 is 0 Å². The molecule has 1 heteroatoms. The Balaban J connectivity index is 1.62. The second-order valence-corrected chi connectivity index (χ2v) is 42.1. The number of hydrogen-bond donors (Lipinski definition) is 0. The Hall–Kier alpha value is -2.90. The van der Waals surface area contributed by atoms with Gasteiger partial charge in [0.25, 0.3) is 0 Å². The molecule has 4 aromatic rings. The van der Waals surface area contributed by atoms with Gasteiger partial charge in [0.2, 0.25) is 0 Å². The Labute approximate surface area is 280 Å². The summed E-state index contributed by atoms with van der Waals surface area (Å²) in [6.45, 7) is 18.7. The molecule has 0 fully saturated rings. The zero-order valence-electron chi connectivity index (χ0n) is 30.0. The minimum absolute atomic E-state index is 0.467. The minimum atomic E-state index is -4.17. The molecule has 2 aliphatic carbocycles. The number of hydrogen-bond acceptors (Lipinski definition) is 0. The fraction of sp³-hybridized carbons (Fsp3) is 0.356. The van der Waals surface area contributed by atoms with Crippen molar-refractivity contribution < 1.29 is 18.0 Å². The maximum absolute atomic E-state index is 4.17. The summed E-state index contributed by atoms with van der Waals surface area (Å²) in [5.41, 5.74) is 16.9. The van der Waals surface area contributed by atoms with E-state index in [4.69, 9.17) is 0 Å². The molecule has 0 saturated heterocycles. The van der Waals surface area contributed by atoms with Gasteiger partial charge >= 0.3 is 282 Å². The fourth-order valence-electron chi connectivity index (χ4n) is 9.09. The maximum atomic E-state index is 2.85. The van der Waals surface area contributed by atoms with Crippen molar-refractivity contribution in [3.05, 3.63) is 129 Å². The third-order valence-electron chi connectivity index (χ3n) is 11.6. The van der Waals surface area contributed by atoms with Gasteiger partial charge in [-0.15, -0.1) is 0 Å². The zero-order valence-corrected chi connectivity index (χ0v) is 33.6. The first-order valence-corrected chi connectivity index (χ1v) is 30.7. The van der Waals surface area contributed by atoms with Gasteiger partial charge in [-0.05, 0) is 0 Å². The first-order valence-electron chi connectivity index (χ1n) is 17.6. The first kappa shape index (κ1) is 33.0. The van der Waals surface area contributed by atoms with Crippen LogP contribution in [0.25, 0.3) is 34.4 Å². The van der Waals surface area contributed by atoms with E-state index in [0.717, 1.165) is 0 Å². The molecular weight excluding hydrogens is 719 g/mol. The Bertz CT molecular complexity index is 1820. The first-order chi connectivity index (χ1) is 21.8. The van der Waals surface area contributed by atoms with Crippen LogP contribution in [0.5, 0.6) is 0 Å². The second-order valence-electron chi connectivity index (χ2n) is 16.3. The molecule has 2 unspecified atom stereocenters. The van der Waals surface area contributed by atoms with Gasteiger partial charge in [0, 0.05) is 0 Å². The van der Waals surface area contributed by atoms with Crippen LogP contribution in [0, 0.1) is 39.5 Å². The van der Waals surface area contributed by atoms with Crippen LogP contribution in [-0.2, 0) is 18.0 Å². The molecule has 0 N–H and O–H groups in total. The van der Waals surface area contributed by atoms with Crippen molar-refractivity contribution in [2.45, 2.75) is 84.9 Å². The summed E-state index contributed by atoms with van der Waals surface area (Å²) in [7, 11) is 0. The van der Waals surface area contributed by atoms with Gasteiger partial charge in [0.05, 0.1) is 0 Å². The number of fused-ring (bicyclic) bond motifs is 2. The molecule has 0 aliphatic heterocycles. The second kappa shape index (κ2) is 12.3. The van der Waals surface area contributed by atoms with Crippen molar-refractivity contribution in [2.24, 2.45) is 11.8 Å². The zero-order chi connectivity index (χ0) is 33.0. The summed E-state index contributed by atoms with van der Waals surface area (Å²) in [4.78, 5) is 0. The quantitative estimate of drug-likeness (QED) is 0.157. The Kier molecular flexibility index (Phi) is 8.81. The standard InChI is InChI=1S/2C17H15.C9H18.2CH3.Hf/c2*1-12-9-10-13(2)17(11-12)16-8-4-6-14-5-3-7-15(14)16;1-8(2)6-5-7-9(3)4;;;/h2*3-11H,1-2H3;8-9H,6-7H2,1-4H3;2*1H3;. The van der Waals surface area contributed by atoms with E-state index in [1.807, 2.05) is 3.26 Å². The van der Waals surface area contributed by atoms with Crippen molar-refractivity contribution >= 4 is 15.4 Å². The van der Waals surface area contributed by atoms with E-state index < -0.39 is 18.0 Å². The van der Waals surface area contributed by atoms with Crippen LogP contribution in [0.4, 0.5) is 0 Å². The molecule has 0 bridgehead atoms. The molecule has 0 heterocycles. The molecule has 46 heavy (non-hydrogen) atoms. The van der Waals surface area contributed by atoms with E-state index in [0.29, 0.717) is 19.2 Å². The van der Waals surface area contributed by atoms with Gasteiger partial charge in [-0.3, -0.25) is 0 Å². The average Bonchev–Trinajstić information content (AvgIpc) is 3.65. The van der Waals surface area contributed by atoms with E-state index >= 15 is 0 Å². The molecule has 2 atom stereocenters. The summed E-state index contributed by atoms with van der Waals surface area (Å²) < 4.78 is 8.55. The van der Waals surface area contributed by atoms with E-state index in [9.17, 15) is 0 Å². The third-order valence-corrected chi connectivity index (χ3v) is 38.4. The van der Waals surface area contributed by atoms with Crippen LogP contribution in [0.2, 0.25) is 9.36 Å². The number of allylic oxidation sites excluding steroid dienone is 2. The molecule has 0 nitrogen and oxygen atoms in total. The summed E-state index contributed by atoms with van der Waals surface area (Å²) in [5.74, 6) is 1.28. The van der Waals surface area contributed by atoms with Crippen molar-refractivity contribution in [3.63, 3.8) is 0 Å². The van der Waals surface area contributed by atoms with E-state index in [1.165, 1.54) is 68.5 Å². The van der Waals surface area contributed by atoms with E-state index in [1.54, 1.807) is 11.1 Å². The van der Waals surface area contributed by atoms with Crippen molar-refractivity contribution in [2.75, 3.05) is 0 Å². The SMILES string of the molecule is Cc1ccc(C)c(-c2cccc3c2C=C[CH]3[Hf]([CH3])([CH3])(=[C](CC(C)C)CC(C)C)[CH]2C=Cc3c(-c4cc(C)ccc4C)cccc32)c1. The van der Waals surface area contributed by atoms with Crippen LogP contribution < -0.4 is 0 Å². The topological polar surface area (TPSA) is 0 Å². The predicted molar refractivity (Wildman–Crippen MR) is 202 cm³/mol. The van der Waals surface area contributed by atoms with E-state index in [-0.39, 0.29) is 0 Å². The van der Waals surface area contributed by atoms with Crippen LogP contribution in [0.1, 0.15) is 92.4 Å². The summed E-state index contributed by atoms with van der Waals surface area (Å²) in [5, 5.41) is 0. The number of aryl methyl sites for hydroxylation is 4. The molecule has 238 valence electrons. The molecule has 0 radical (unpaired) electrons. The Morgan fingerprint density at radius 3 is 1.37 bits per heavy atom. The molecule has 0 amide bonds. The monoisotopic (exact) mass is 774 g/mol. The molecule has 0 saturated carbocycles. The molecule has 0 aromatic heterocycles. The molecule has 2 aliphatic rings. The van der Waals surface area contributed by atoms with Crippen LogP contribution in [0.15, 0.2) is 84.9 Å². The molecule has 4 aromatic carbocycles.